The van der Waals surface area contributed by atoms with Crippen molar-refractivity contribution in [3.8, 4) is 0 Å². The van der Waals surface area contributed by atoms with Gasteiger partial charge in [0.25, 0.3) is 0 Å². The molecule has 6 heteroatoms. The number of carboxylic acids is 1. The smallest absolute Gasteiger partial charge is 0.333 e. The van der Waals surface area contributed by atoms with Crippen LogP contribution in [0.5, 0.6) is 0 Å². The van der Waals surface area contributed by atoms with Crippen molar-refractivity contribution in [1.29, 1.82) is 0 Å². The minimum Gasteiger partial charge on any atom is -0.479 e. The SMILES string of the molecule is C.C[C@H](CN)O[C@H](Cc1cnc[nH]1)C(=O)O. The Kier molecular flexibility index (Phi) is 6.36. The van der Waals surface area contributed by atoms with Crippen molar-refractivity contribution in [2.75, 3.05) is 6.54 Å². The number of imidazole rings is 1. The molecule has 0 fully saturated rings. The Morgan fingerprint density at radius 2 is 2.44 bits per heavy atom. The van der Waals surface area contributed by atoms with Crippen molar-refractivity contribution in [3.63, 3.8) is 0 Å². The summed E-state index contributed by atoms with van der Waals surface area (Å²) < 4.78 is 5.26. The van der Waals surface area contributed by atoms with E-state index in [9.17, 15) is 4.79 Å². The number of aromatic amines is 1. The molecule has 1 aromatic rings. The molecule has 0 amide bonds. The largest absolute Gasteiger partial charge is 0.479 e. The predicted molar refractivity (Wildman–Crippen MR) is 60.0 cm³/mol. The molecule has 1 rings (SSSR count). The summed E-state index contributed by atoms with van der Waals surface area (Å²) >= 11 is 0. The molecule has 1 aromatic heterocycles. The fourth-order valence-corrected chi connectivity index (χ4v) is 1.13. The highest BCUT2D eigenvalue weighted by Gasteiger charge is 2.21. The highest BCUT2D eigenvalue weighted by Crippen LogP contribution is 2.05. The van der Waals surface area contributed by atoms with Gasteiger partial charge in [0, 0.05) is 24.9 Å². The lowest BCUT2D eigenvalue weighted by molar-refractivity contribution is -0.153. The van der Waals surface area contributed by atoms with Gasteiger partial charge in [-0.25, -0.2) is 9.78 Å². The molecule has 0 saturated heterocycles. The van der Waals surface area contributed by atoms with Crippen LogP contribution in [0.15, 0.2) is 12.5 Å². The van der Waals surface area contributed by atoms with Crippen LogP contribution in [-0.4, -0.2) is 39.8 Å². The number of aliphatic carboxylic acids is 1. The van der Waals surface area contributed by atoms with Crippen LogP contribution in [-0.2, 0) is 16.0 Å². The predicted octanol–water partition coefficient (Wildman–Crippen LogP) is 0.405. The monoisotopic (exact) mass is 229 g/mol. The first kappa shape index (κ1) is 14.6. The number of aromatic nitrogens is 2. The van der Waals surface area contributed by atoms with E-state index < -0.39 is 12.1 Å². The van der Waals surface area contributed by atoms with E-state index in [2.05, 4.69) is 9.97 Å². The van der Waals surface area contributed by atoms with E-state index in [0.29, 0.717) is 6.54 Å². The third kappa shape index (κ3) is 4.41. The molecule has 6 nitrogen and oxygen atoms in total. The Morgan fingerprint density at radius 1 is 1.75 bits per heavy atom. The molecule has 0 aromatic carbocycles. The number of ether oxygens (including phenoxy) is 1. The van der Waals surface area contributed by atoms with Crippen LogP contribution in [0, 0.1) is 0 Å². The van der Waals surface area contributed by atoms with Crippen molar-refractivity contribution in [1.82, 2.24) is 9.97 Å². The minimum absolute atomic E-state index is 0. The molecule has 0 spiro atoms. The minimum atomic E-state index is -0.995. The van der Waals surface area contributed by atoms with Crippen molar-refractivity contribution >= 4 is 5.97 Å². The maximum Gasteiger partial charge on any atom is 0.333 e. The van der Waals surface area contributed by atoms with E-state index in [0.717, 1.165) is 5.69 Å². The number of nitrogens with one attached hydrogen (secondary N) is 1. The van der Waals surface area contributed by atoms with Crippen LogP contribution in [0.25, 0.3) is 0 Å². The standard InChI is InChI=1S/C9H15N3O3.CH4/c1-6(3-10)15-8(9(13)14)2-7-4-11-5-12-7;/h4-6,8H,2-3,10H2,1H3,(H,11,12)(H,13,14);1H4/t6-,8-;/m1./s1. The van der Waals surface area contributed by atoms with Gasteiger partial charge in [-0.3, -0.25) is 0 Å². The van der Waals surface area contributed by atoms with Crippen molar-refractivity contribution < 1.29 is 14.6 Å². The van der Waals surface area contributed by atoms with Gasteiger partial charge < -0.3 is 20.6 Å². The molecule has 16 heavy (non-hydrogen) atoms. The average Bonchev–Trinajstić information content (AvgIpc) is 2.69. The third-order valence-corrected chi connectivity index (χ3v) is 1.96. The lowest BCUT2D eigenvalue weighted by Crippen LogP contribution is -2.33. The summed E-state index contributed by atoms with van der Waals surface area (Å²) in [4.78, 5) is 17.5. The lowest BCUT2D eigenvalue weighted by Gasteiger charge is -2.17. The van der Waals surface area contributed by atoms with E-state index in [4.69, 9.17) is 15.6 Å². The zero-order valence-corrected chi connectivity index (χ0v) is 8.51. The molecule has 92 valence electrons. The molecular formula is C10H19N3O3. The Bertz CT molecular complexity index is 300. The highest BCUT2D eigenvalue weighted by atomic mass is 16.5. The third-order valence-electron chi connectivity index (χ3n) is 1.96. The van der Waals surface area contributed by atoms with Crippen molar-refractivity contribution in [3.05, 3.63) is 18.2 Å². The van der Waals surface area contributed by atoms with Crippen molar-refractivity contribution in [2.45, 2.75) is 33.0 Å². The summed E-state index contributed by atoms with van der Waals surface area (Å²) in [6.45, 7) is 2.04. The van der Waals surface area contributed by atoms with Gasteiger partial charge in [0.15, 0.2) is 6.10 Å². The Balaban J connectivity index is 0.00000225. The Morgan fingerprint density at radius 3 is 2.88 bits per heavy atom. The van der Waals surface area contributed by atoms with E-state index >= 15 is 0 Å². The first-order valence-electron chi connectivity index (χ1n) is 4.69. The Labute approximate surface area is 94.8 Å². The fraction of sp³-hybridized carbons (Fsp3) is 0.600. The second-order valence-corrected chi connectivity index (χ2v) is 3.29. The summed E-state index contributed by atoms with van der Waals surface area (Å²) in [6.07, 6.45) is 2.19. The normalized spacial score (nSPS) is 13.9. The molecule has 0 saturated carbocycles. The zero-order valence-electron chi connectivity index (χ0n) is 8.51. The van der Waals surface area contributed by atoms with Crippen LogP contribution in [0.1, 0.15) is 20.0 Å². The fourth-order valence-electron chi connectivity index (χ4n) is 1.13. The van der Waals surface area contributed by atoms with E-state index in [1.807, 2.05) is 0 Å². The highest BCUT2D eigenvalue weighted by molar-refractivity contribution is 5.72. The summed E-state index contributed by atoms with van der Waals surface area (Å²) in [6, 6.07) is 0. The summed E-state index contributed by atoms with van der Waals surface area (Å²) in [5, 5.41) is 8.92. The molecule has 1 heterocycles. The number of H-pyrrole nitrogens is 1. The van der Waals surface area contributed by atoms with Gasteiger partial charge in [0.2, 0.25) is 0 Å². The van der Waals surface area contributed by atoms with E-state index in [1.54, 1.807) is 13.1 Å². The average molecular weight is 229 g/mol. The number of nitrogens with two attached hydrogens (primary N) is 1. The topological polar surface area (TPSA) is 101 Å². The number of nitrogens with zero attached hydrogens (tertiary/aromatic N) is 1. The molecule has 4 N–H and O–H groups in total. The maximum atomic E-state index is 10.9. The molecule has 0 bridgehead atoms. The van der Waals surface area contributed by atoms with Gasteiger partial charge in [0.05, 0.1) is 12.4 Å². The van der Waals surface area contributed by atoms with Crippen LogP contribution in [0.4, 0.5) is 0 Å². The second kappa shape index (κ2) is 6.97. The van der Waals surface area contributed by atoms with Crippen LogP contribution in [0.3, 0.4) is 0 Å². The van der Waals surface area contributed by atoms with Gasteiger partial charge in [0.1, 0.15) is 0 Å². The first-order valence-corrected chi connectivity index (χ1v) is 4.69. The van der Waals surface area contributed by atoms with Crippen LogP contribution < -0.4 is 5.73 Å². The zero-order chi connectivity index (χ0) is 11.3. The molecule has 0 aliphatic carbocycles. The molecule has 0 aliphatic rings. The molecule has 2 atom stereocenters. The van der Waals surface area contributed by atoms with E-state index in [1.165, 1.54) is 6.33 Å². The second-order valence-electron chi connectivity index (χ2n) is 3.29. The van der Waals surface area contributed by atoms with Gasteiger partial charge in [-0.1, -0.05) is 7.43 Å². The van der Waals surface area contributed by atoms with Gasteiger partial charge in [-0.05, 0) is 6.92 Å². The molecule has 0 unspecified atom stereocenters. The quantitative estimate of drug-likeness (QED) is 0.655. The number of rotatable bonds is 6. The van der Waals surface area contributed by atoms with Crippen LogP contribution in [0.2, 0.25) is 0 Å². The van der Waals surface area contributed by atoms with Gasteiger partial charge in [-0.15, -0.1) is 0 Å². The van der Waals surface area contributed by atoms with Gasteiger partial charge in [-0.2, -0.15) is 0 Å². The number of carbonyl (C=O) groups is 1. The summed E-state index contributed by atoms with van der Waals surface area (Å²) in [5.41, 5.74) is 6.08. The number of hydrogen-bond donors (Lipinski definition) is 3. The summed E-state index contributed by atoms with van der Waals surface area (Å²) in [7, 11) is 0. The van der Waals surface area contributed by atoms with Crippen LogP contribution >= 0.6 is 0 Å². The van der Waals surface area contributed by atoms with Crippen molar-refractivity contribution in [2.24, 2.45) is 5.73 Å². The number of hydrogen-bond acceptors (Lipinski definition) is 4. The molecule has 0 radical (unpaired) electrons. The summed E-state index contributed by atoms with van der Waals surface area (Å²) in [5.74, 6) is -0.995. The lowest BCUT2D eigenvalue weighted by atomic mass is 10.2. The number of carboxylic acid groups (broad SMARTS) is 1. The Hall–Kier alpha value is -1.40. The maximum absolute atomic E-state index is 10.9. The van der Waals surface area contributed by atoms with Gasteiger partial charge >= 0.3 is 5.97 Å². The molecular weight excluding hydrogens is 210 g/mol. The molecule has 0 aliphatic heterocycles. The first-order chi connectivity index (χ1) is 7.13. The van der Waals surface area contributed by atoms with E-state index in [-0.39, 0.29) is 20.0 Å².